The van der Waals surface area contributed by atoms with Gasteiger partial charge < -0.3 is 14.8 Å². The number of rotatable bonds is 6. The Morgan fingerprint density at radius 3 is 2.53 bits per heavy atom. The van der Waals surface area contributed by atoms with Crippen molar-refractivity contribution in [1.29, 1.82) is 0 Å². The van der Waals surface area contributed by atoms with Gasteiger partial charge in [0, 0.05) is 11.6 Å². The number of hydrogen-bond acceptors (Lipinski definition) is 5. The summed E-state index contributed by atoms with van der Waals surface area (Å²) in [6.45, 7) is 1.89. The van der Waals surface area contributed by atoms with E-state index in [1.165, 1.54) is 0 Å². The van der Waals surface area contributed by atoms with Gasteiger partial charge in [-0.3, -0.25) is 4.72 Å². The molecule has 1 heterocycles. The Morgan fingerprint density at radius 1 is 0.971 bits per heavy atom. The molecule has 0 saturated carbocycles. The zero-order valence-electron chi connectivity index (χ0n) is 19.4. The number of benzene rings is 3. The van der Waals surface area contributed by atoms with Gasteiger partial charge >= 0.3 is 0 Å². The molecule has 0 fully saturated rings. The molecule has 6 nitrogen and oxygen atoms in total. The first-order valence-corrected chi connectivity index (χ1v) is 12.8. The van der Waals surface area contributed by atoms with Crippen LogP contribution in [0.25, 0.3) is 0 Å². The van der Waals surface area contributed by atoms with Gasteiger partial charge in [-0.05, 0) is 72.4 Å². The van der Waals surface area contributed by atoms with E-state index in [2.05, 4.69) is 28.3 Å². The third kappa shape index (κ3) is 3.90. The second-order valence-electron chi connectivity index (χ2n) is 8.76. The van der Waals surface area contributed by atoms with Crippen LogP contribution in [0.1, 0.15) is 35.1 Å². The fourth-order valence-electron chi connectivity index (χ4n) is 5.01. The van der Waals surface area contributed by atoms with E-state index in [-0.39, 0.29) is 22.8 Å². The largest absolute Gasteiger partial charge is 0.493 e. The van der Waals surface area contributed by atoms with Gasteiger partial charge in [-0.2, -0.15) is 0 Å². The number of sulfonamides is 1. The third-order valence-electron chi connectivity index (χ3n) is 6.80. The molecule has 0 radical (unpaired) electrons. The minimum atomic E-state index is -3.71. The van der Waals surface area contributed by atoms with Crippen molar-refractivity contribution in [2.24, 2.45) is 5.92 Å². The van der Waals surface area contributed by atoms with Gasteiger partial charge in [0.05, 0.1) is 30.8 Å². The number of methoxy groups -OCH3 is 2. The van der Waals surface area contributed by atoms with Crippen LogP contribution in [-0.4, -0.2) is 22.6 Å². The van der Waals surface area contributed by atoms with Crippen molar-refractivity contribution in [3.8, 4) is 11.5 Å². The lowest BCUT2D eigenvalue weighted by Crippen LogP contribution is -2.29. The van der Waals surface area contributed by atoms with Gasteiger partial charge in [-0.1, -0.05) is 36.4 Å². The van der Waals surface area contributed by atoms with Gasteiger partial charge in [-0.25, -0.2) is 8.42 Å². The maximum absolute atomic E-state index is 13.2. The van der Waals surface area contributed by atoms with Gasteiger partial charge in [-0.15, -0.1) is 0 Å². The Kier molecular flexibility index (Phi) is 5.73. The third-order valence-corrected chi connectivity index (χ3v) is 8.16. The van der Waals surface area contributed by atoms with Crippen LogP contribution in [0.15, 0.2) is 77.7 Å². The van der Waals surface area contributed by atoms with Crippen molar-refractivity contribution in [1.82, 2.24) is 0 Å². The molecule has 1 aliphatic heterocycles. The quantitative estimate of drug-likeness (QED) is 0.450. The summed E-state index contributed by atoms with van der Waals surface area (Å²) in [5, 5.41) is 3.66. The Bertz CT molecular complexity index is 1370. The normalized spacial score (nSPS) is 20.7. The van der Waals surface area contributed by atoms with E-state index in [0.29, 0.717) is 17.2 Å². The maximum Gasteiger partial charge on any atom is 0.261 e. The lowest BCUT2D eigenvalue weighted by Gasteiger charge is -2.38. The summed E-state index contributed by atoms with van der Waals surface area (Å²) in [5.41, 5.74) is 4.53. The minimum Gasteiger partial charge on any atom is -0.493 e. The summed E-state index contributed by atoms with van der Waals surface area (Å²) in [6.07, 6.45) is 5.30. The zero-order chi connectivity index (χ0) is 23.9. The summed E-state index contributed by atoms with van der Waals surface area (Å²) < 4.78 is 40.0. The molecule has 2 aliphatic rings. The molecule has 5 rings (SSSR count). The Hall–Kier alpha value is -3.45. The van der Waals surface area contributed by atoms with E-state index in [1.54, 1.807) is 32.4 Å². The lowest BCUT2D eigenvalue weighted by atomic mass is 9.77. The molecule has 2 N–H and O–H groups in total. The van der Waals surface area contributed by atoms with Gasteiger partial charge in [0.25, 0.3) is 10.0 Å². The van der Waals surface area contributed by atoms with Crippen molar-refractivity contribution in [3.63, 3.8) is 0 Å². The summed E-state index contributed by atoms with van der Waals surface area (Å²) in [5.74, 6) is 1.79. The van der Waals surface area contributed by atoms with E-state index >= 15 is 0 Å². The average Bonchev–Trinajstić information content (AvgIpc) is 3.34. The van der Waals surface area contributed by atoms with Crippen molar-refractivity contribution in [2.75, 3.05) is 24.3 Å². The number of allylic oxidation sites excluding steroid dienone is 2. The predicted molar refractivity (Wildman–Crippen MR) is 134 cm³/mol. The molecule has 0 bridgehead atoms. The zero-order valence-corrected chi connectivity index (χ0v) is 20.2. The fraction of sp³-hybridized carbons (Fsp3) is 0.259. The Balaban J connectivity index is 1.49. The molecule has 34 heavy (non-hydrogen) atoms. The summed E-state index contributed by atoms with van der Waals surface area (Å²) >= 11 is 0. The standard InChI is InChI=1S/C27H28N2O4S/c1-17-7-4-5-10-23(17)29-34(30,31)19-12-13-24-22(16-19)20-8-6-9-21(20)27(28-24)18-11-14-25(32-2)26(15-18)33-3/h4-8,10-16,20-21,27-29H,9H2,1-3H3/t20-,21+,27+/m0/s1. The van der Waals surface area contributed by atoms with Crippen molar-refractivity contribution in [2.45, 2.75) is 30.2 Å². The molecule has 3 aromatic carbocycles. The number of nitrogens with one attached hydrogen (secondary N) is 2. The highest BCUT2D eigenvalue weighted by molar-refractivity contribution is 7.92. The molecule has 176 valence electrons. The fourth-order valence-corrected chi connectivity index (χ4v) is 6.17. The monoisotopic (exact) mass is 476 g/mol. The summed E-state index contributed by atoms with van der Waals surface area (Å²) in [4.78, 5) is 0.264. The number of aryl methyl sites for hydroxylation is 1. The molecule has 0 spiro atoms. The van der Waals surface area contributed by atoms with Crippen LogP contribution in [0.4, 0.5) is 11.4 Å². The molecule has 0 unspecified atom stereocenters. The van der Waals surface area contributed by atoms with Crippen LogP contribution >= 0.6 is 0 Å². The highest BCUT2D eigenvalue weighted by Gasteiger charge is 2.38. The number of fused-ring (bicyclic) bond motifs is 3. The van der Waals surface area contributed by atoms with Crippen molar-refractivity contribution < 1.29 is 17.9 Å². The number of ether oxygens (including phenoxy) is 2. The van der Waals surface area contributed by atoms with E-state index in [1.807, 2.05) is 43.3 Å². The van der Waals surface area contributed by atoms with E-state index in [9.17, 15) is 8.42 Å². The first-order chi connectivity index (χ1) is 16.4. The summed E-state index contributed by atoms with van der Waals surface area (Å²) in [7, 11) is -0.448. The molecule has 1 aliphatic carbocycles. The molecular weight excluding hydrogens is 448 g/mol. The average molecular weight is 477 g/mol. The van der Waals surface area contributed by atoms with E-state index in [4.69, 9.17) is 9.47 Å². The smallest absolute Gasteiger partial charge is 0.261 e. The lowest BCUT2D eigenvalue weighted by molar-refractivity contribution is 0.353. The van der Waals surface area contributed by atoms with Crippen molar-refractivity contribution in [3.05, 3.63) is 89.5 Å². The van der Waals surface area contributed by atoms with Gasteiger partial charge in [0.1, 0.15) is 0 Å². The first-order valence-electron chi connectivity index (χ1n) is 11.3. The highest BCUT2D eigenvalue weighted by Crippen LogP contribution is 2.51. The SMILES string of the molecule is COc1ccc([C@H]2Nc3ccc(S(=O)(=O)Nc4ccccc4C)cc3[C@H]3C=CC[C@H]32)cc1OC. The highest BCUT2D eigenvalue weighted by atomic mass is 32.2. The Morgan fingerprint density at radius 2 is 1.76 bits per heavy atom. The topological polar surface area (TPSA) is 76.7 Å². The Labute approximate surface area is 200 Å². The number of para-hydroxylation sites is 1. The minimum absolute atomic E-state index is 0.0693. The van der Waals surface area contributed by atoms with Crippen LogP contribution in [0.2, 0.25) is 0 Å². The predicted octanol–water partition coefficient (Wildman–Crippen LogP) is 5.64. The van der Waals surface area contributed by atoms with Crippen LogP contribution < -0.4 is 19.5 Å². The second kappa shape index (κ2) is 8.72. The van der Waals surface area contributed by atoms with E-state index < -0.39 is 10.0 Å². The second-order valence-corrected chi connectivity index (χ2v) is 10.4. The molecule has 0 saturated heterocycles. The molecule has 3 aromatic rings. The van der Waals surface area contributed by atoms with Crippen LogP contribution in [0.5, 0.6) is 11.5 Å². The van der Waals surface area contributed by atoms with Crippen LogP contribution in [0.3, 0.4) is 0 Å². The molecule has 7 heteroatoms. The first kappa shape index (κ1) is 22.3. The van der Waals surface area contributed by atoms with Gasteiger partial charge in [0.15, 0.2) is 11.5 Å². The molecule has 3 atom stereocenters. The van der Waals surface area contributed by atoms with Crippen LogP contribution in [-0.2, 0) is 10.0 Å². The summed E-state index contributed by atoms with van der Waals surface area (Å²) in [6, 6.07) is 18.8. The maximum atomic E-state index is 13.2. The van der Waals surface area contributed by atoms with Gasteiger partial charge in [0.2, 0.25) is 0 Å². The molecule has 0 amide bonds. The van der Waals surface area contributed by atoms with Crippen molar-refractivity contribution >= 4 is 21.4 Å². The van der Waals surface area contributed by atoms with Crippen LogP contribution in [0, 0.1) is 12.8 Å². The van der Waals surface area contributed by atoms with E-state index in [0.717, 1.165) is 28.8 Å². The molecular formula is C27H28N2O4S. The number of hydrogen-bond donors (Lipinski definition) is 2. The molecule has 0 aromatic heterocycles. The number of anilines is 2.